The fourth-order valence-corrected chi connectivity index (χ4v) is 4.22. The summed E-state index contributed by atoms with van der Waals surface area (Å²) in [5, 5.41) is 5.91. The quantitative estimate of drug-likeness (QED) is 0.360. The van der Waals surface area contributed by atoms with Gasteiger partial charge < -0.3 is 24.7 Å². The van der Waals surface area contributed by atoms with Gasteiger partial charge in [0, 0.05) is 6.20 Å². The molecule has 0 saturated carbocycles. The minimum Gasteiger partial charge on any atom is -0.497 e. The molecular formula is C32H41N3O5. The molecule has 8 nitrogen and oxygen atoms in total. The summed E-state index contributed by atoms with van der Waals surface area (Å²) in [6.45, 7) is 11.4. The predicted molar refractivity (Wildman–Crippen MR) is 158 cm³/mol. The number of hydrogen-bond acceptors (Lipinski definition) is 6. The van der Waals surface area contributed by atoms with Crippen molar-refractivity contribution < 1.29 is 19.1 Å². The molecule has 0 aliphatic carbocycles. The second-order valence-corrected chi connectivity index (χ2v) is 11.5. The van der Waals surface area contributed by atoms with Crippen molar-refractivity contribution in [3.8, 4) is 5.75 Å². The Labute approximate surface area is 236 Å². The number of aromatic nitrogens is 1. The summed E-state index contributed by atoms with van der Waals surface area (Å²) in [5.74, 6) is 0.145. The zero-order valence-electron chi connectivity index (χ0n) is 24.8. The van der Waals surface area contributed by atoms with Crippen LogP contribution in [0.15, 0.2) is 65.6 Å². The first-order valence-electron chi connectivity index (χ1n) is 13.4. The molecule has 0 radical (unpaired) electrons. The number of ether oxygens (including phenoxy) is 2. The summed E-state index contributed by atoms with van der Waals surface area (Å²) in [5.41, 5.74) is 1.97. The third-order valence-electron chi connectivity index (χ3n) is 6.82. The molecular weight excluding hydrogens is 506 g/mol. The molecule has 2 aromatic carbocycles. The first-order valence-corrected chi connectivity index (χ1v) is 13.4. The van der Waals surface area contributed by atoms with E-state index < -0.39 is 17.1 Å². The van der Waals surface area contributed by atoms with Crippen LogP contribution in [-0.2, 0) is 32.7 Å². The van der Waals surface area contributed by atoms with Gasteiger partial charge in [0.1, 0.15) is 17.0 Å². The highest BCUT2D eigenvalue weighted by Gasteiger charge is 2.34. The van der Waals surface area contributed by atoms with Gasteiger partial charge >= 0.3 is 5.97 Å². The minimum absolute atomic E-state index is 0.260. The van der Waals surface area contributed by atoms with Crippen LogP contribution in [0.4, 0.5) is 5.69 Å². The summed E-state index contributed by atoms with van der Waals surface area (Å²) >= 11 is 0. The normalized spacial score (nSPS) is 12.5. The van der Waals surface area contributed by atoms with Crippen molar-refractivity contribution in [1.29, 1.82) is 0 Å². The third-order valence-corrected chi connectivity index (χ3v) is 6.82. The molecule has 1 amide bonds. The summed E-state index contributed by atoms with van der Waals surface area (Å²) in [6, 6.07) is 16.4. The molecule has 1 unspecified atom stereocenters. The van der Waals surface area contributed by atoms with E-state index >= 15 is 0 Å². The number of carbonyl (C=O) groups excluding carboxylic acids is 2. The Morgan fingerprint density at radius 3 is 2.08 bits per heavy atom. The van der Waals surface area contributed by atoms with Gasteiger partial charge in [-0.1, -0.05) is 36.4 Å². The monoisotopic (exact) mass is 547 g/mol. The largest absolute Gasteiger partial charge is 0.497 e. The van der Waals surface area contributed by atoms with Crippen molar-refractivity contribution in [2.45, 2.75) is 71.6 Å². The van der Waals surface area contributed by atoms with Crippen LogP contribution in [0.5, 0.6) is 5.75 Å². The number of nitrogens with one attached hydrogen (secondary N) is 2. The van der Waals surface area contributed by atoms with Crippen LogP contribution in [0.2, 0.25) is 0 Å². The van der Waals surface area contributed by atoms with Crippen molar-refractivity contribution in [3.63, 3.8) is 0 Å². The Bertz CT molecular complexity index is 1380. The molecule has 0 saturated heterocycles. The Morgan fingerprint density at radius 2 is 1.52 bits per heavy atom. The van der Waals surface area contributed by atoms with E-state index in [0.29, 0.717) is 18.5 Å². The van der Waals surface area contributed by atoms with Crippen molar-refractivity contribution in [2.75, 3.05) is 19.5 Å². The smallest absolute Gasteiger partial charge is 0.316 e. The first kappa shape index (κ1) is 30.6. The van der Waals surface area contributed by atoms with E-state index in [4.69, 9.17) is 9.47 Å². The van der Waals surface area contributed by atoms with Gasteiger partial charge in [0.05, 0.1) is 25.1 Å². The zero-order chi connectivity index (χ0) is 29.7. The van der Waals surface area contributed by atoms with E-state index in [2.05, 4.69) is 10.6 Å². The number of benzene rings is 2. The van der Waals surface area contributed by atoms with Crippen molar-refractivity contribution in [2.24, 2.45) is 0 Å². The molecule has 2 N–H and O–H groups in total. The molecule has 3 rings (SSSR count). The molecule has 0 spiro atoms. The highest BCUT2D eigenvalue weighted by atomic mass is 16.6. The Hall–Kier alpha value is -3.91. The molecule has 40 heavy (non-hydrogen) atoms. The molecule has 0 aliphatic rings. The molecule has 0 bridgehead atoms. The lowest BCUT2D eigenvalue weighted by atomic mass is 9.84. The van der Waals surface area contributed by atoms with Crippen LogP contribution in [0, 0.1) is 6.92 Å². The maximum atomic E-state index is 13.3. The fraction of sp³-hybridized carbons (Fsp3) is 0.406. The second kappa shape index (κ2) is 12.5. The summed E-state index contributed by atoms with van der Waals surface area (Å²) in [6.07, 6.45) is 2.13. The van der Waals surface area contributed by atoms with Gasteiger partial charge in [0.25, 0.3) is 5.56 Å². The van der Waals surface area contributed by atoms with Crippen LogP contribution in [0.25, 0.3) is 0 Å². The number of hydrogen-bond donors (Lipinski definition) is 2. The fourth-order valence-electron chi connectivity index (χ4n) is 4.22. The van der Waals surface area contributed by atoms with E-state index in [9.17, 15) is 14.4 Å². The highest BCUT2D eigenvalue weighted by molar-refractivity contribution is 5.95. The van der Waals surface area contributed by atoms with E-state index in [-0.39, 0.29) is 23.1 Å². The zero-order valence-corrected chi connectivity index (χ0v) is 24.8. The van der Waals surface area contributed by atoms with Gasteiger partial charge in [-0.25, -0.2) is 0 Å². The highest BCUT2D eigenvalue weighted by Crippen LogP contribution is 2.27. The van der Waals surface area contributed by atoms with Gasteiger partial charge in [-0.2, -0.15) is 0 Å². The van der Waals surface area contributed by atoms with E-state index in [0.717, 1.165) is 22.4 Å². The Balaban J connectivity index is 1.72. The van der Waals surface area contributed by atoms with Crippen LogP contribution in [0.1, 0.15) is 56.9 Å². The van der Waals surface area contributed by atoms with Crippen LogP contribution in [0.3, 0.4) is 0 Å². The number of amides is 1. The van der Waals surface area contributed by atoms with E-state index in [1.165, 1.54) is 0 Å². The number of methoxy groups -OCH3 is 1. The average Bonchev–Trinajstić information content (AvgIpc) is 2.90. The average molecular weight is 548 g/mol. The number of esters is 1. The lowest BCUT2D eigenvalue weighted by molar-refractivity contribution is -0.160. The number of carbonyl (C=O) groups is 2. The van der Waals surface area contributed by atoms with Crippen molar-refractivity contribution in [3.05, 3.63) is 93.4 Å². The Kier molecular flexibility index (Phi) is 9.58. The standard InChI is InChI=1S/C32H41N3O5/c1-21-17-18-35(20-23-11-15-25(39-8)16-12-23)29(37)27(21)34-28(36)26(33-7)19-22-9-13-24(14-10-22)32(5,6)30(38)40-31(2,3)4/h9-18,26,33H,19-20H2,1-8H3,(H,34,36). The van der Waals surface area contributed by atoms with Crippen LogP contribution in [-0.4, -0.2) is 42.2 Å². The van der Waals surface area contributed by atoms with E-state index in [1.807, 2.05) is 89.2 Å². The number of anilines is 1. The predicted octanol–water partition coefficient (Wildman–Crippen LogP) is 4.60. The molecule has 8 heteroatoms. The lowest BCUT2D eigenvalue weighted by Crippen LogP contribution is -2.41. The van der Waals surface area contributed by atoms with E-state index in [1.54, 1.807) is 31.8 Å². The number of nitrogens with zero attached hydrogens (tertiary/aromatic N) is 1. The summed E-state index contributed by atoms with van der Waals surface area (Å²) in [4.78, 5) is 39.2. The molecule has 1 aromatic heterocycles. The summed E-state index contributed by atoms with van der Waals surface area (Å²) < 4.78 is 12.4. The van der Waals surface area contributed by atoms with Gasteiger partial charge in [0.15, 0.2) is 0 Å². The lowest BCUT2D eigenvalue weighted by Gasteiger charge is -2.29. The molecule has 0 fully saturated rings. The van der Waals surface area contributed by atoms with Crippen LogP contribution >= 0.6 is 0 Å². The van der Waals surface area contributed by atoms with Gasteiger partial charge in [-0.3, -0.25) is 14.4 Å². The van der Waals surface area contributed by atoms with Gasteiger partial charge in [-0.05, 0) is 95.5 Å². The SMILES string of the molecule is CNC(Cc1ccc(C(C)(C)C(=O)OC(C)(C)C)cc1)C(=O)Nc1c(C)ccn(Cc2ccc(OC)cc2)c1=O. The molecule has 214 valence electrons. The minimum atomic E-state index is -0.817. The topological polar surface area (TPSA) is 98.7 Å². The van der Waals surface area contributed by atoms with Gasteiger partial charge in [0.2, 0.25) is 5.91 Å². The molecule has 0 aliphatic heterocycles. The maximum Gasteiger partial charge on any atom is 0.316 e. The molecule has 1 heterocycles. The van der Waals surface area contributed by atoms with Gasteiger partial charge in [-0.15, -0.1) is 0 Å². The first-order chi connectivity index (χ1) is 18.7. The Morgan fingerprint density at radius 1 is 0.925 bits per heavy atom. The van der Waals surface area contributed by atoms with Crippen molar-refractivity contribution >= 4 is 17.6 Å². The number of aryl methyl sites for hydroxylation is 1. The summed E-state index contributed by atoms with van der Waals surface area (Å²) in [7, 11) is 3.32. The number of rotatable bonds is 10. The number of pyridine rings is 1. The molecule has 3 aromatic rings. The maximum absolute atomic E-state index is 13.3. The molecule has 1 atom stereocenters. The van der Waals surface area contributed by atoms with Crippen LogP contribution < -0.4 is 20.9 Å². The second-order valence-electron chi connectivity index (χ2n) is 11.5. The van der Waals surface area contributed by atoms with Crippen molar-refractivity contribution in [1.82, 2.24) is 9.88 Å². The number of likely N-dealkylation sites (N-methyl/N-ethyl adjacent to an activating group) is 1. The third kappa shape index (κ3) is 7.60.